The number of rotatable bonds is 20. The van der Waals surface area contributed by atoms with Gasteiger partial charge in [-0.1, -0.05) is 95.2 Å². The summed E-state index contributed by atoms with van der Waals surface area (Å²) in [6.07, 6.45) is 2.54. The van der Waals surface area contributed by atoms with E-state index in [-0.39, 0.29) is 62.5 Å². The molecule has 0 spiro atoms. The number of likely N-dealkylation sites (N-methyl/N-ethyl adjacent to an activating group) is 7. The molecule has 0 saturated carbocycles. The third-order valence-corrected chi connectivity index (χ3v) is 18.3. The van der Waals surface area contributed by atoms with Gasteiger partial charge in [-0.15, -0.1) is 0 Å². The summed E-state index contributed by atoms with van der Waals surface area (Å²) in [7, 11) is 9.75. The molecule has 0 aliphatic carbocycles. The summed E-state index contributed by atoms with van der Waals surface area (Å²) in [4.78, 5) is 185. The zero-order valence-electron chi connectivity index (χ0n) is 62.7. The molecule has 97 heavy (non-hydrogen) atoms. The molecule has 2 heterocycles. The number of amides is 13. The van der Waals surface area contributed by atoms with E-state index in [4.69, 9.17) is 9.47 Å². The van der Waals surface area contributed by atoms with Gasteiger partial charge in [0, 0.05) is 75.6 Å². The maximum Gasteiger partial charge on any atom is 0.317 e. The molecule has 0 unspecified atom stereocenters. The van der Waals surface area contributed by atoms with Gasteiger partial charge in [0.15, 0.2) is 0 Å². The second-order valence-corrected chi connectivity index (χ2v) is 28.5. The molecule has 28 nitrogen and oxygen atoms in total. The van der Waals surface area contributed by atoms with E-state index in [2.05, 4.69) is 26.6 Å². The molecule has 13 atom stereocenters. The van der Waals surface area contributed by atoms with Crippen LogP contribution in [-0.4, -0.2) is 283 Å². The minimum Gasteiger partial charge on any atom is -0.390 e. The third-order valence-electron chi connectivity index (χ3n) is 18.3. The molecule has 0 aromatic rings. The Kier molecular flexibility index (Phi) is 36.3. The number of ether oxygens (including phenoxy) is 2. The number of unbranched alkanes of at least 4 members (excludes halogenated alkanes) is 1. The molecule has 13 amide bonds. The highest BCUT2D eigenvalue weighted by atomic mass is 16.5. The molecule has 2 aliphatic rings. The Hall–Kier alpha value is -6.94. The number of nitrogens with one attached hydrogen (secondary N) is 5. The second kappa shape index (κ2) is 40.8. The first-order valence-electron chi connectivity index (χ1n) is 34.8. The van der Waals surface area contributed by atoms with Gasteiger partial charge >= 0.3 is 6.03 Å². The highest BCUT2D eigenvalue weighted by Gasteiger charge is 2.46. The van der Waals surface area contributed by atoms with Gasteiger partial charge in [0.1, 0.15) is 60.4 Å². The average Bonchev–Trinajstić information content (AvgIpc) is 0.816. The van der Waals surface area contributed by atoms with Crippen LogP contribution in [0.25, 0.3) is 0 Å². The van der Waals surface area contributed by atoms with Crippen molar-refractivity contribution in [1.82, 2.24) is 65.8 Å². The largest absolute Gasteiger partial charge is 0.390 e. The van der Waals surface area contributed by atoms with Gasteiger partial charge in [-0.3, -0.25) is 52.7 Å². The maximum absolute atomic E-state index is 15.3. The summed E-state index contributed by atoms with van der Waals surface area (Å²) in [5.41, 5.74) is 0. The van der Waals surface area contributed by atoms with Crippen LogP contribution in [-0.2, 0) is 62.2 Å². The first-order chi connectivity index (χ1) is 45.2. The number of carbonyl (C=O) groups is 12. The molecule has 554 valence electrons. The molecular weight excluding hydrogens is 1250 g/mol. The van der Waals surface area contributed by atoms with Crippen molar-refractivity contribution in [2.75, 3.05) is 95.3 Å². The van der Waals surface area contributed by atoms with E-state index >= 15 is 14.4 Å². The molecule has 6 N–H and O–H groups in total. The highest BCUT2D eigenvalue weighted by molar-refractivity contribution is 5.99. The van der Waals surface area contributed by atoms with E-state index in [0.717, 1.165) is 14.7 Å². The lowest BCUT2D eigenvalue weighted by atomic mass is 9.91. The Balaban J connectivity index is 2.95. The fourth-order valence-electron chi connectivity index (χ4n) is 12.1. The molecule has 2 saturated heterocycles. The fraction of sp³-hybridized carbons (Fsp3) is 0.797. The quantitative estimate of drug-likeness (QED) is 0.0754. The maximum atomic E-state index is 15.3. The van der Waals surface area contributed by atoms with Gasteiger partial charge in [-0.2, -0.15) is 0 Å². The number of morpholine rings is 1. The van der Waals surface area contributed by atoms with Crippen LogP contribution in [0.5, 0.6) is 0 Å². The molecule has 2 rings (SSSR count). The minimum absolute atomic E-state index is 0.0243. The van der Waals surface area contributed by atoms with Crippen LogP contribution in [0.4, 0.5) is 4.79 Å². The highest BCUT2D eigenvalue weighted by Crippen LogP contribution is 2.26. The van der Waals surface area contributed by atoms with Crippen LogP contribution in [0.1, 0.15) is 156 Å². The number of urea groups is 1. The van der Waals surface area contributed by atoms with Gasteiger partial charge in [-0.05, 0) is 108 Å². The molecule has 0 aromatic carbocycles. The predicted octanol–water partition coefficient (Wildman–Crippen LogP) is 2.45. The number of allylic oxidation sites excluding steroid dienone is 2. The standard InChI is InChI=1S/C69H123N13O15/c1-24-26-29-45(13)58(84)57-62(88)73-49(25-2)64(90)75(17)39-53(83)79(21)56(48(16)97-33-28-27-30-70-69(95)82-31-34-96-35-32-82)61(87)74-54(43(9)10)67(93)76(18)50(36-40(3)4)60(86)71-46(14)59(85)72-47(15)63(89)77(19)51(37-41(5)6)65(91)78(20)52(38-42(7)8)66(92)80(22)55(44(11)12)68(94)81(57)23/h24,26,40-52,54-58,84H,25,27-39H2,1-23H3,(H,70,95)(H,71,86)(H,72,85)(H,73,88)(H,74,87)/t45-,46+,47-,48-,49+,50+,51+,52+,54+,55+,56+,57+,58-/m1/s1. The summed E-state index contributed by atoms with van der Waals surface area (Å²) in [6, 6.07) is -13.3. The molecular formula is C69H123N13O15. The third kappa shape index (κ3) is 25.1. The van der Waals surface area contributed by atoms with Crippen LogP contribution < -0.4 is 26.6 Å². The van der Waals surface area contributed by atoms with Gasteiger partial charge in [0.25, 0.3) is 0 Å². The Morgan fingerprint density at radius 2 is 1.06 bits per heavy atom. The second-order valence-electron chi connectivity index (χ2n) is 28.5. The minimum atomic E-state index is -1.65. The average molecular weight is 1370 g/mol. The van der Waals surface area contributed by atoms with Crippen LogP contribution in [0, 0.1) is 35.5 Å². The van der Waals surface area contributed by atoms with Crippen molar-refractivity contribution in [3.05, 3.63) is 12.2 Å². The lowest BCUT2D eigenvalue weighted by Crippen LogP contribution is -2.63. The topological polar surface area (TPSA) is 330 Å². The van der Waals surface area contributed by atoms with Crippen molar-refractivity contribution < 1.29 is 72.1 Å². The first kappa shape index (κ1) is 86.1. The first-order valence-corrected chi connectivity index (χ1v) is 34.8. The van der Waals surface area contributed by atoms with Gasteiger partial charge in [0.05, 0.1) is 32.0 Å². The number of aliphatic hydroxyl groups excluding tert-OH is 1. The molecule has 28 heteroatoms. The lowest BCUT2D eigenvalue weighted by molar-refractivity contribution is -0.157. The van der Waals surface area contributed by atoms with E-state index in [1.54, 1.807) is 72.4 Å². The fourth-order valence-corrected chi connectivity index (χ4v) is 12.1. The summed E-state index contributed by atoms with van der Waals surface area (Å²) < 4.78 is 11.6. The molecule has 2 aliphatic heterocycles. The normalized spacial score (nSPS) is 26.2. The SMILES string of the molecule is CC=CC[C@@H](C)[C@@H](O)[C@H]1C(=O)N[C@@H](CC)C(=O)N(C)CC(=O)N(C)[C@@H]([C@@H](C)OCCCCNC(=O)N2CCOCC2)C(=O)N[C@@H](C(C)C)C(=O)N(C)[C@@H](CC(C)C)C(=O)N[C@@H](C)C(=O)N[C@H](C)C(=O)N(C)[C@@H](CC(C)C)C(=O)N(C)[C@@H](CC(C)C)C(=O)N(C)[C@@H](C(C)C)C(=O)N1C. The van der Waals surface area contributed by atoms with E-state index in [9.17, 15) is 48.3 Å². The summed E-state index contributed by atoms with van der Waals surface area (Å²) in [5.74, 6) is -10.4. The van der Waals surface area contributed by atoms with E-state index < -0.39 is 162 Å². The van der Waals surface area contributed by atoms with Crippen molar-refractivity contribution in [3.63, 3.8) is 0 Å². The van der Waals surface area contributed by atoms with Crippen LogP contribution in [0.2, 0.25) is 0 Å². The Labute approximate surface area is 578 Å². The summed E-state index contributed by atoms with van der Waals surface area (Å²) in [5, 5.41) is 26.1. The Bertz CT molecular complexity index is 2670. The van der Waals surface area contributed by atoms with Crippen molar-refractivity contribution >= 4 is 71.0 Å². The monoisotopic (exact) mass is 1370 g/mol. The zero-order chi connectivity index (χ0) is 74.2. The lowest BCUT2D eigenvalue weighted by Gasteiger charge is -2.41. The molecule has 0 radical (unpaired) electrons. The molecule has 2 fully saturated rings. The van der Waals surface area contributed by atoms with E-state index in [0.29, 0.717) is 45.7 Å². The Morgan fingerprint density at radius 1 is 0.567 bits per heavy atom. The summed E-state index contributed by atoms with van der Waals surface area (Å²) in [6.45, 7) is 29.1. The van der Waals surface area contributed by atoms with Gasteiger partial charge < -0.3 is 80.4 Å². The van der Waals surface area contributed by atoms with Gasteiger partial charge in [-0.25, -0.2) is 4.79 Å². The predicted molar refractivity (Wildman–Crippen MR) is 369 cm³/mol. The number of carbonyl (C=O) groups excluding carboxylic acids is 12. The Morgan fingerprint density at radius 3 is 1.58 bits per heavy atom. The van der Waals surface area contributed by atoms with Crippen LogP contribution in [0.15, 0.2) is 12.2 Å². The van der Waals surface area contributed by atoms with Crippen molar-refractivity contribution in [2.45, 2.75) is 228 Å². The summed E-state index contributed by atoms with van der Waals surface area (Å²) >= 11 is 0. The van der Waals surface area contributed by atoms with E-state index in [1.807, 2.05) is 41.5 Å². The number of aliphatic hydroxyl groups is 1. The molecule has 0 aromatic heterocycles. The number of hydrogen-bond acceptors (Lipinski definition) is 15. The van der Waals surface area contributed by atoms with Crippen LogP contribution in [0.3, 0.4) is 0 Å². The van der Waals surface area contributed by atoms with E-state index in [1.165, 1.54) is 82.8 Å². The molecule has 0 bridgehead atoms. The smallest absolute Gasteiger partial charge is 0.317 e. The van der Waals surface area contributed by atoms with Crippen molar-refractivity contribution in [1.29, 1.82) is 0 Å². The zero-order valence-corrected chi connectivity index (χ0v) is 62.7. The number of nitrogens with zero attached hydrogens (tertiary/aromatic N) is 8. The number of hydrogen-bond donors (Lipinski definition) is 6. The van der Waals surface area contributed by atoms with Crippen molar-refractivity contribution in [3.8, 4) is 0 Å². The van der Waals surface area contributed by atoms with Gasteiger partial charge in [0.2, 0.25) is 65.0 Å². The van der Waals surface area contributed by atoms with Crippen molar-refractivity contribution in [2.24, 2.45) is 35.5 Å². The van der Waals surface area contributed by atoms with Crippen LogP contribution >= 0.6 is 0 Å².